The van der Waals surface area contributed by atoms with Gasteiger partial charge in [0.1, 0.15) is 0 Å². The molecule has 1 saturated heterocycles. The van der Waals surface area contributed by atoms with Crippen molar-refractivity contribution in [2.45, 2.75) is 30.4 Å². The number of ether oxygens (including phenoxy) is 1. The minimum atomic E-state index is -3.57. The molecular weight excluding hydrogens is 408 g/mol. The van der Waals surface area contributed by atoms with Gasteiger partial charge in [0.15, 0.2) is 0 Å². The van der Waals surface area contributed by atoms with E-state index >= 15 is 0 Å². The Labute approximate surface area is 173 Å². The molecule has 1 amide bonds. The third-order valence-corrected chi connectivity index (χ3v) is 7.34. The zero-order valence-electron chi connectivity index (χ0n) is 15.8. The highest BCUT2D eigenvalue weighted by Crippen LogP contribution is 2.25. The average Bonchev–Trinajstić information content (AvgIpc) is 3.41. The minimum absolute atomic E-state index is 0.0487. The Morgan fingerprint density at radius 1 is 1.14 bits per heavy atom. The van der Waals surface area contributed by atoms with E-state index in [2.05, 4.69) is 10.0 Å². The van der Waals surface area contributed by atoms with Crippen LogP contribution < -0.4 is 10.0 Å². The lowest BCUT2D eigenvalue weighted by atomic mass is 10.1. The van der Waals surface area contributed by atoms with E-state index in [1.165, 1.54) is 11.3 Å². The summed E-state index contributed by atoms with van der Waals surface area (Å²) in [6.45, 7) is 1.30. The summed E-state index contributed by atoms with van der Waals surface area (Å²) in [5.41, 5.74) is 1.49. The Balaban J connectivity index is 1.36. The SMILES string of the molecule is O=C(NCc1ccc(S(=O)(=O)NCC2CCCO2)cc1)c1csc2ccccc12. The van der Waals surface area contributed by atoms with Gasteiger partial charge in [-0.1, -0.05) is 30.3 Å². The Morgan fingerprint density at radius 2 is 1.93 bits per heavy atom. The number of rotatable bonds is 7. The number of benzene rings is 2. The quantitative estimate of drug-likeness (QED) is 0.602. The van der Waals surface area contributed by atoms with E-state index in [0.717, 1.165) is 28.5 Å². The smallest absolute Gasteiger partial charge is 0.253 e. The maximum Gasteiger partial charge on any atom is 0.253 e. The third-order valence-electron chi connectivity index (χ3n) is 4.94. The molecule has 1 unspecified atom stereocenters. The molecular formula is C21H22N2O4S2. The molecule has 3 aromatic rings. The van der Waals surface area contributed by atoms with Crippen LogP contribution in [0.5, 0.6) is 0 Å². The number of hydrogen-bond donors (Lipinski definition) is 2. The van der Waals surface area contributed by atoms with Crippen LogP contribution in [-0.4, -0.2) is 33.6 Å². The van der Waals surface area contributed by atoms with Crippen molar-refractivity contribution in [3.8, 4) is 0 Å². The number of fused-ring (bicyclic) bond motifs is 1. The van der Waals surface area contributed by atoms with E-state index in [0.29, 0.717) is 18.7 Å². The molecule has 1 aromatic heterocycles. The first kappa shape index (κ1) is 20.0. The summed E-state index contributed by atoms with van der Waals surface area (Å²) in [7, 11) is -3.57. The van der Waals surface area contributed by atoms with Crippen LogP contribution in [0.3, 0.4) is 0 Å². The molecule has 1 fully saturated rings. The Hall–Kier alpha value is -2.26. The van der Waals surface area contributed by atoms with Crippen molar-refractivity contribution < 1.29 is 17.9 Å². The molecule has 2 aromatic carbocycles. The molecule has 6 nitrogen and oxygen atoms in total. The van der Waals surface area contributed by atoms with Gasteiger partial charge in [-0.25, -0.2) is 13.1 Å². The Morgan fingerprint density at radius 3 is 2.69 bits per heavy atom. The molecule has 2 heterocycles. The van der Waals surface area contributed by atoms with E-state index in [1.807, 2.05) is 29.6 Å². The van der Waals surface area contributed by atoms with Crippen molar-refractivity contribution in [2.75, 3.05) is 13.2 Å². The summed E-state index contributed by atoms with van der Waals surface area (Å²) in [6, 6.07) is 14.3. The summed E-state index contributed by atoms with van der Waals surface area (Å²) in [5, 5.41) is 5.70. The molecule has 8 heteroatoms. The van der Waals surface area contributed by atoms with Gasteiger partial charge in [0.25, 0.3) is 5.91 Å². The van der Waals surface area contributed by atoms with Gasteiger partial charge in [-0.2, -0.15) is 0 Å². The fraction of sp³-hybridized carbons (Fsp3) is 0.286. The van der Waals surface area contributed by atoms with E-state index in [1.54, 1.807) is 24.3 Å². The summed E-state index contributed by atoms with van der Waals surface area (Å²) in [6.07, 6.45) is 1.79. The van der Waals surface area contributed by atoms with E-state index < -0.39 is 10.0 Å². The van der Waals surface area contributed by atoms with Gasteiger partial charge in [0.05, 0.1) is 16.6 Å². The molecule has 0 aliphatic carbocycles. The number of hydrogen-bond acceptors (Lipinski definition) is 5. The van der Waals surface area contributed by atoms with Crippen molar-refractivity contribution in [2.24, 2.45) is 0 Å². The summed E-state index contributed by atoms with van der Waals surface area (Å²) >= 11 is 1.54. The summed E-state index contributed by atoms with van der Waals surface area (Å²) in [4.78, 5) is 12.7. The van der Waals surface area contributed by atoms with Crippen molar-refractivity contribution in [1.29, 1.82) is 0 Å². The normalized spacial score (nSPS) is 16.9. The van der Waals surface area contributed by atoms with Crippen molar-refractivity contribution in [3.05, 3.63) is 65.0 Å². The molecule has 1 aliphatic heterocycles. The lowest BCUT2D eigenvalue weighted by molar-refractivity contribution is 0.0953. The van der Waals surface area contributed by atoms with Gasteiger partial charge < -0.3 is 10.1 Å². The highest BCUT2D eigenvalue weighted by atomic mass is 32.2. The first-order valence-electron chi connectivity index (χ1n) is 9.47. The van der Waals surface area contributed by atoms with Gasteiger partial charge in [-0.15, -0.1) is 11.3 Å². The molecule has 29 heavy (non-hydrogen) atoms. The molecule has 2 N–H and O–H groups in total. The predicted octanol–water partition coefficient (Wildman–Crippen LogP) is 3.29. The van der Waals surface area contributed by atoms with Crippen LogP contribution in [-0.2, 0) is 21.3 Å². The van der Waals surface area contributed by atoms with E-state index in [9.17, 15) is 13.2 Å². The van der Waals surface area contributed by atoms with Crippen LogP contribution in [0.15, 0.2) is 58.8 Å². The van der Waals surface area contributed by atoms with Gasteiger partial charge in [0.2, 0.25) is 10.0 Å². The maximum absolute atomic E-state index is 12.5. The molecule has 152 valence electrons. The second-order valence-electron chi connectivity index (χ2n) is 6.96. The van der Waals surface area contributed by atoms with Crippen LogP contribution >= 0.6 is 11.3 Å². The fourth-order valence-corrected chi connectivity index (χ4v) is 5.32. The topological polar surface area (TPSA) is 84.5 Å². The zero-order valence-corrected chi connectivity index (χ0v) is 17.4. The van der Waals surface area contributed by atoms with Gasteiger partial charge >= 0.3 is 0 Å². The van der Waals surface area contributed by atoms with Crippen LogP contribution in [0, 0.1) is 0 Å². The molecule has 1 atom stereocenters. The lowest BCUT2D eigenvalue weighted by Gasteiger charge is -2.12. The van der Waals surface area contributed by atoms with Crippen LogP contribution in [0.2, 0.25) is 0 Å². The number of thiophene rings is 1. The standard InChI is InChI=1S/C21H22N2O4S2/c24-21(19-14-28-20-6-2-1-5-18(19)20)22-12-15-7-9-17(10-8-15)29(25,26)23-13-16-4-3-11-27-16/h1-2,5-10,14,16,23H,3-4,11-13H2,(H,22,24). The lowest BCUT2D eigenvalue weighted by Crippen LogP contribution is -2.31. The predicted molar refractivity (Wildman–Crippen MR) is 114 cm³/mol. The number of nitrogens with one attached hydrogen (secondary N) is 2. The monoisotopic (exact) mass is 430 g/mol. The van der Waals surface area contributed by atoms with Gasteiger partial charge in [-0.3, -0.25) is 4.79 Å². The van der Waals surface area contributed by atoms with Gasteiger partial charge in [-0.05, 0) is 36.6 Å². The molecule has 1 aliphatic rings. The van der Waals surface area contributed by atoms with E-state index in [-0.39, 0.29) is 23.5 Å². The van der Waals surface area contributed by atoms with Crippen molar-refractivity contribution >= 4 is 37.4 Å². The zero-order chi connectivity index (χ0) is 20.3. The largest absolute Gasteiger partial charge is 0.377 e. The molecule has 0 saturated carbocycles. The van der Waals surface area contributed by atoms with Crippen LogP contribution in [0.1, 0.15) is 28.8 Å². The maximum atomic E-state index is 12.5. The Bertz CT molecular complexity index is 1100. The van der Waals surface area contributed by atoms with Crippen LogP contribution in [0.4, 0.5) is 0 Å². The highest BCUT2D eigenvalue weighted by molar-refractivity contribution is 7.89. The first-order chi connectivity index (χ1) is 14.0. The van der Waals surface area contributed by atoms with Crippen LogP contribution in [0.25, 0.3) is 10.1 Å². The van der Waals surface area contributed by atoms with E-state index in [4.69, 9.17) is 4.74 Å². The highest BCUT2D eigenvalue weighted by Gasteiger charge is 2.20. The second-order valence-corrected chi connectivity index (χ2v) is 9.64. The third kappa shape index (κ3) is 4.67. The number of sulfonamides is 1. The second kappa shape index (κ2) is 8.62. The average molecular weight is 431 g/mol. The van der Waals surface area contributed by atoms with Crippen molar-refractivity contribution in [3.63, 3.8) is 0 Å². The number of carbonyl (C=O) groups excluding carboxylic acids is 1. The van der Waals surface area contributed by atoms with Crippen molar-refractivity contribution in [1.82, 2.24) is 10.0 Å². The fourth-order valence-electron chi connectivity index (χ4n) is 3.31. The molecule has 0 radical (unpaired) electrons. The van der Waals surface area contributed by atoms with Gasteiger partial charge in [0, 0.05) is 35.2 Å². The Kier molecular flexibility index (Phi) is 5.96. The summed E-state index contributed by atoms with van der Waals surface area (Å²) in [5.74, 6) is -0.141. The molecule has 0 spiro atoms. The summed E-state index contributed by atoms with van der Waals surface area (Å²) < 4.78 is 33.9. The number of carbonyl (C=O) groups is 1. The molecule has 4 rings (SSSR count). The minimum Gasteiger partial charge on any atom is -0.377 e. The number of amides is 1. The molecule has 0 bridgehead atoms. The first-order valence-corrected chi connectivity index (χ1v) is 11.8.